The van der Waals surface area contributed by atoms with Crippen LogP contribution < -0.4 is 20.1 Å². The molecule has 0 fully saturated rings. The highest BCUT2D eigenvalue weighted by Gasteiger charge is 2.09. The number of imidazole rings is 1. The molecule has 2 N–H and O–H groups in total. The van der Waals surface area contributed by atoms with E-state index < -0.39 is 0 Å². The van der Waals surface area contributed by atoms with E-state index in [0.717, 1.165) is 18.1 Å². The van der Waals surface area contributed by atoms with Crippen LogP contribution in [0.3, 0.4) is 0 Å². The van der Waals surface area contributed by atoms with E-state index >= 15 is 0 Å². The minimum absolute atomic E-state index is 0. The van der Waals surface area contributed by atoms with Gasteiger partial charge in [-0.3, -0.25) is 4.99 Å². The monoisotopic (exact) mass is 487 g/mol. The highest BCUT2D eigenvalue weighted by atomic mass is 127. The summed E-state index contributed by atoms with van der Waals surface area (Å²) in [6.45, 7) is 8.44. The Labute approximate surface area is 178 Å². The van der Waals surface area contributed by atoms with Crippen molar-refractivity contribution < 1.29 is 9.47 Å². The zero-order valence-corrected chi connectivity index (χ0v) is 19.0. The van der Waals surface area contributed by atoms with Crippen LogP contribution in [0.4, 0.5) is 5.69 Å². The molecule has 0 atom stereocenters. The maximum Gasteiger partial charge on any atom is 0.195 e. The lowest BCUT2D eigenvalue weighted by Crippen LogP contribution is -2.31. The molecule has 1 aromatic heterocycles. The fourth-order valence-corrected chi connectivity index (χ4v) is 2.57. The Balaban J connectivity index is 0.00000364. The number of guanidine groups is 1. The summed E-state index contributed by atoms with van der Waals surface area (Å²) in [6.07, 6.45) is 3.83. The molecule has 0 bridgehead atoms. The molecule has 0 radical (unpaired) electrons. The maximum absolute atomic E-state index is 5.62. The Morgan fingerprint density at radius 3 is 2.70 bits per heavy atom. The molecule has 27 heavy (non-hydrogen) atoms. The minimum Gasteiger partial charge on any atom is -0.493 e. The number of hydrogen-bond acceptors (Lipinski definition) is 4. The molecule has 1 aromatic carbocycles. The Morgan fingerprint density at radius 1 is 1.30 bits per heavy atom. The summed E-state index contributed by atoms with van der Waals surface area (Å²) < 4.78 is 13.1. The first-order chi connectivity index (χ1) is 12.6. The van der Waals surface area contributed by atoms with Gasteiger partial charge in [-0.2, -0.15) is 0 Å². The third-order valence-electron chi connectivity index (χ3n) is 3.73. The molecule has 0 saturated carbocycles. The van der Waals surface area contributed by atoms with Crippen molar-refractivity contribution in [3.8, 4) is 11.5 Å². The van der Waals surface area contributed by atoms with Crippen LogP contribution in [0.1, 0.15) is 26.6 Å². The Bertz CT molecular complexity index is 731. The number of nitrogens with one attached hydrogen (secondary N) is 2. The number of nitrogens with zero attached hydrogens (tertiary/aromatic N) is 3. The van der Waals surface area contributed by atoms with Crippen molar-refractivity contribution in [2.75, 3.05) is 26.1 Å². The molecule has 0 spiro atoms. The van der Waals surface area contributed by atoms with E-state index in [4.69, 9.17) is 9.47 Å². The molecular weight excluding hydrogens is 457 g/mol. The smallest absolute Gasteiger partial charge is 0.195 e. The number of hydrogen-bond donors (Lipinski definition) is 2. The Morgan fingerprint density at radius 2 is 2.07 bits per heavy atom. The number of ether oxygens (including phenoxy) is 2. The van der Waals surface area contributed by atoms with Crippen LogP contribution in [0.15, 0.2) is 35.6 Å². The van der Waals surface area contributed by atoms with E-state index in [0.29, 0.717) is 36.5 Å². The highest BCUT2D eigenvalue weighted by Crippen LogP contribution is 2.30. The first kappa shape index (κ1) is 23.1. The number of aliphatic imine (C=N–C) groups is 1. The van der Waals surface area contributed by atoms with Gasteiger partial charge in [0.1, 0.15) is 5.82 Å². The SMILES string of the molecule is CCOc1cc(NC(=NC)NCc2nccn2CC(C)C)ccc1OC.I. The molecule has 2 aromatic rings. The standard InChI is InChI=1S/C19H29N5O2.HI/c1-6-26-17-11-15(7-8-16(17)25-5)23-19(20-4)22-12-18-21-9-10-24(18)13-14(2)3;/h7-11,14H,6,12-13H2,1-5H3,(H2,20,22,23);1H. The summed E-state index contributed by atoms with van der Waals surface area (Å²) in [5.41, 5.74) is 0.868. The van der Waals surface area contributed by atoms with Crippen molar-refractivity contribution in [1.29, 1.82) is 0 Å². The molecular formula is C19H30IN5O2. The van der Waals surface area contributed by atoms with Crippen LogP contribution in [-0.4, -0.2) is 36.3 Å². The summed E-state index contributed by atoms with van der Waals surface area (Å²) in [5, 5.41) is 6.57. The van der Waals surface area contributed by atoms with Crippen molar-refractivity contribution in [2.24, 2.45) is 10.9 Å². The first-order valence-electron chi connectivity index (χ1n) is 8.85. The second-order valence-electron chi connectivity index (χ2n) is 6.24. The summed E-state index contributed by atoms with van der Waals surface area (Å²) >= 11 is 0. The van der Waals surface area contributed by atoms with Gasteiger partial charge >= 0.3 is 0 Å². The summed E-state index contributed by atoms with van der Waals surface area (Å²) in [5.74, 6) is 3.61. The minimum atomic E-state index is 0. The largest absolute Gasteiger partial charge is 0.493 e. The van der Waals surface area contributed by atoms with E-state index in [2.05, 4.69) is 39.0 Å². The summed E-state index contributed by atoms with van der Waals surface area (Å²) in [4.78, 5) is 8.70. The van der Waals surface area contributed by atoms with Crippen molar-refractivity contribution in [2.45, 2.75) is 33.9 Å². The van der Waals surface area contributed by atoms with Crippen molar-refractivity contribution in [3.63, 3.8) is 0 Å². The second kappa shape index (κ2) is 11.7. The van der Waals surface area contributed by atoms with E-state index in [1.54, 1.807) is 14.2 Å². The molecule has 0 aliphatic rings. The van der Waals surface area contributed by atoms with Crippen LogP contribution in [0, 0.1) is 5.92 Å². The van der Waals surface area contributed by atoms with Gasteiger partial charge in [-0.25, -0.2) is 4.98 Å². The number of aromatic nitrogens is 2. The normalized spacial score (nSPS) is 11.1. The third-order valence-corrected chi connectivity index (χ3v) is 3.73. The molecule has 0 amide bonds. The fraction of sp³-hybridized carbons (Fsp3) is 0.474. The molecule has 2 rings (SSSR count). The number of methoxy groups -OCH3 is 1. The first-order valence-corrected chi connectivity index (χ1v) is 8.85. The zero-order valence-electron chi connectivity index (χ0n) is 16.7. The number of anilines is 1. The van der Waals surface area contributed by atoms with Crippen molar-refractivity contribution in [1.82, 2.24) is 14.9 Å². The van der Waals surface area contributed by atoms with Crippen LogP contribution in [0.5, 0.6) is 11.5 Å². The average Bonchev–Trinajstić information content (AvgIpc) is 3.05. The molecule has 0 unspecified atom stereocenters. The quantitative estimate of drug-likeness (QED) is 0.337. The van der Waals surface area contributed by atoms with E-state index in [-0.39, 0.29) is 24.0 Å². The van der Waals surface area contributed by atoms with Gasteiger partial charge in [0.25, 0.3) is 0 Å². The maximum atomic E-state index is 5.62. The highest BCUT2D eigenvalue weighted by molar-refractivity contribution is 14.0. The fourth-order valence-electron chi connectivity index (χ4n) is 2.57. The van der Waals surface area contributed by atoms with Crippen LogP contribution in [0.25, 0.3) is 0 Å². The third kappa shape index (κ3) is 6.93. The summed E-state index contributed by atoms with van der Waals surface area (Å²) in [7, 11) is 3.37. The van der Waals surface area contributed by atoms with Gasteiger partial charge in [0.05, 0.1) is 20.3 Å². The molecule has 0 aliphatic carbocycles. The van der Waals surface area contributed by atoms with Crippen LogP contribution in [0.2, 0.25) is 0 Å². The predicted octanol–water partition coefficient (Wildman–Crippen LogP) is 3.75. The van der Waals surface area contributed by atoms with Crippen LogP contribution >= 0.6 is 24.0 Å². The van der Waals surface area contributed by atoms with Gasteiger partial charge < -0.3 is 24.7 Å². The molecule has 0 saturated heterocycles. The number of benzene rings is 1. The van der Waals surface area contributed by atoms with Gasteiger partial charge in [0.15, 0.2) is 17.5 Å². The molecule has 7 nitrogen and oxygen atoms in total. The lowest BCUT2D eigenvalue weighted by Gasteiger charge is -2.15. The van der Waals surface area contributed by atoms with E-state index in [9.17, 15) is 0 Å². The lowest BCUT2D eigenvalue weighted by molar-refractivity contribution is 0.311. The van der Waals surface area contributed by atoms with Crippen molar-refractivity contribution >= 4 is 35.6 Å². The van der Waals surface area contributed by atoms with Gasteiger partial charge in [0, 0.05) is 37.7 Å². The topological polar surface area (TPSA) is 72.7 Å². The molecule has 1 heterocycles. The van der Waals surface area contributed by atoms with Gasteiger partial charge in [-0.15, -0.1) is 24.0 Å². The van der Waals surface area contributed by atoms with Gasteiger partial charge in [0.2, 0.25) is 0 Å². The van der Waals surface area contributed by atoms with Crippen molar-refractivity contribution in [3.05, 3.63) is 36.4 Å². The van der Waals surface area contributed by atoms with E-state index in [1.807, 2.05) is 37.5 Å². The van der Waals surface area contributed by atoms with Crippen LogP contribution in [-0.2, 0) is 13.1 Å². The van der Waals surface area contributed by atoms with Gasteiger partial charge in [-0.1, -0.05) is 13.8 Å². The average molecular weight is 487 g/mol. The number of rotatable bonds is 8. The van der Waals surface area contributed by atoms with E-state index in [1.165, 1.54) is 0 Å². The summed E-state index contributed by atoms with van der Waals surface area (Å²) in [6, 6.07) is 5.69. The molecule has 150 valence electrons. The number of halogens is 1. The Hall–Kier alpha value is -1.97. The molecule has 0 aliphatic heterocycles. The molecule has 8 heteroatoms. The Kier molecular flexibility index (Phi) is 9.98. The lowest BCUT2D eigenvalue weighted by atomic mass is 10.2. The predicted molar refractivity (Wildman–Crippen MR) is 120 cm³/mol. The van der Waals surface area contributed by atoms with Gasteiger partial charge in [-0.05, 0) is 25.0 Å². The zero-order chi connectivity index (χ0) is 18.9. The second-order valence-corrected chi connectivity index (χ2v) is 6.24.